The Morgan fingerprint density at radius 1 is 1.35 bits per heavy atom. The van der Waals surface area contributed by atoms with E-state index >= 15 is 0 Å². The maximum absolute atomic E-state index is 6.10. The van der Waals surface area contributed by atoms with Gasteiger partial charge < -0.3 is 10.2 Å². The number of fused-ring (bicyclic) bond motifs is 1. The van der Waals surface area contributed by atoms with Gasteiger partial charge in [-0.15, -0.1) is 0 Å². The van der Waals surface area contributed by atoms with E-state index in [-0.39, 0.29) is 6.10 Å². The van der Waals surface area contributed by atoms with Gasteiger partial charge in [0.05, 0.1) is 6.20 Å². The minimum atomic E-state index is 0.210. The number of imidazole rings is 1. The number of ether oxygens (including phenoxy) is 1. The van der Waals surface area contributed by atoms with Crippen LogP contribution in [0, 0.1) is 11.8 Å². The summed E-state index contributed by atoms with van der Waals surface area (Å²) in [5, 5.41) is 0. The Hall–Kier alpha value is -1.82. The lowest BCUT2D eigenvalue weighted by Crippen LogP contribution is -2.29. The highest BCUT2D eigenvalue weighted by atomic mass is 16.5. The zero-order valence-electron chi connectivity index (χ0n) is 11.9. The molecule has 2 aromatic rings. The molecular formula is C14H21N5O. The second-order valence-electron chi connectivity index (χ2n) is 5.74. The summed E-state index contributed by atoms with van der Waals surface area (Å²) >= 11 is 0. The van der Waals surface area contributed by atoms with Crippen molar-refractivity contribution in [1.29, 1.82) is 0 Å². The van der Waals surface area contributed by atoms with Gasteiger partial charge in [-0.05, 0) is 31.1 Å². The Balaban J connectivity index is 1.85. The van der Waals surface area contributed by atoms with E-state index < -0.39 is 0 Å². The summed E-state index contributed by atoms with van der Waals surface area (Å²) in [4.78, 5) is 8.69. The molecule has 0 amide bonds. The molecule has 20 heavy (non-hydrogen) atoms. The molecule has 3 N–H and O–H groups in total. The Morgan fingerprint density at radius 3 is 2.95 bits per heavy atom. The summed E-state index contributed by atoms with van der Waals surface area (Å²) in [7, 11) is 0. The average molecular weight is 275 g/mol. The number of anilines is 1. The molecule has 0 spiro atoms. The van der Waals surface area contributed by atoms with Gasteiger partial charge in [-0.25, -0.2) is 10.8 Å². The van der Waals surface area contributed by atoms with Gasteiger partial charge in [0.15, 0.2) is 5.82 Å². The van der Waals surface area contributed by atoms with Crippen molar-refractivity contribution in [1.82, 2.24) is 14.4 Å². The van der Waals surface area contributed by atoms with Gasteiger partial charge in [-0.3, -0.25) is 4.40 Å². The van der Waals surface area contributed by atoms with E-state index in [0.717, 1.165) is 24.4 Å². The van der Waals surface area contributed by atoms with Gasteiger partial charge in [0, 0.05) is 12.4 Å². The largest absolute Gasteiger partial charge is 0.472 e. The first-order valence-corrected chi connectivity index (χ1v) is 7.14. The zero-order chi connectivity index (χ0) is 14.1. The van der Waals surface area contributed by atoms with E-state index in [0.29, 0.717) is 17.6 Å². The summed E-state index contributed by atoms with van der Waals surface area (Å²) in [5.41, 5.74) is 3.29. The van der Waals surface area contributed by atoms with Crippen LogP contribution in [0.1, 0.15) is 33.1 Å². The van der Waals surface area contributed by atoms with Crippen molar-refractivity contribution >= 4 is 11.5 Å². The highest BCUT2D eigenvalue weighted by Crippen LogP contribution is 2.32. The minimum absolute atomic E-state index is 0.210. The molecule has 1 aliphatic carbocycles. The highest BCUT2D eigenvalue weighted by Gasteiger charge is 2.26. The average Bonchev–Trinajstić information content (AvgIpc) is 2.91. The van der Waals surface area contributed by atoms with Crippen LogP contribution in [0.15, 0.2) is 18.6 Å². The lowest BCUT2D eigenvalue weighted by Gasteiger charge is -2.31. The van der Waals surface area contributed by atoms with Gasteiger partial charge in [-0.2, -0.15) is 4.98 Å². The molecule has 0 radical (unpaired) electrons. The standard InChI is InChI=1S/C14H21N5O/c1-9-3-4-11(7-10(9)2)20-14-13-16-5-6-19(13)8-12(17-14)18-15/h5-6,8-11,18H,3-4,7,15H2,1-2H3. The summed E-state index contributed by atoms with van der Waals surface area (Å²) in [6.45, 7) is 4.60. The molecular weight excluding hydrogens is 254 g/mol. The van der Waals surface area contributed by atoms with Crippen LogP contribution in [0.2, 0.25) is 0 Å². The molecule has 6 heteroatoms. The fourth-order valence-corrected chi connectivity index (χ4v) is 2.81. The first-order chi connectivity index (χ1) is 9.67. The number of nitrogens with one attached hydrogen (secondary N) is 1. The maximum Gasteiger partial charge on any atom is 0.260 e. The number of nitrogen functional groups attached to an aromatic ring is 1. The molecule has 1 fully saturated rings. The van der Waals surface area contributed by atoms with Crippen LogP contribution in [0.3, 0.4) is 0 Å². The van der Waals surface area contributed by atoms with Crippen molar-refractivity contribution in [3.8, 4) is 5.88 Å². The van der Waals surface area contributed by atoms with E-state index in [2.05, 4.69) is 29.2 Å². The number of nitrogens with zero attached hydrogens (tertiary/aromatic N) is 3. The number of hydrazine groups is 1. The van der Waals surface area contributed by atoms with Crippen molar-refractivity contribution in [3.05, 3.63) is 18.6 Å². The Labute approximate surface area is 118 Å². The van der Waals surface area contributed by atoms with Crippen molar-refractivity contribution in [2.45, 2.75) is 39.2 Å². The Kier molecular flexibility index (Phi) is 3.48. The molecule has 0 aromatic carbocycles. The smallest absolute Gasteiger partial charge is 0.260 e. The van der Waals surface area contributed by atoms with Gasteiger partial charge in [0.25, 0.3) is 5.88 Å². The van der Waals surface area contributed by atoms with Crippen LogP contribution in [0.5, 0.6) is 5.88 Å². The van der Waals surface area contributed by atoms with Crippen molar-refractivity contribution < 1.29 is 4.74 Å². The minimum Gasteiger partial charge on any atom is -0.472 e. The van der Waals surface area contributed by atoms with E-state index in [1.165, 1.54) is 6.42 Å². The molecule has 2 aromatic heterocycles. The molecule has 3 unspecified atom stereocenters. The first kappa shape index (κ1) is 13.2. The molecule has 0 saturated heterocycles. The van der Waals surface area contributed by atoms with Crippen LogP contribution in [0.25, 0.3) is 5.65 Å². The normalized spacial score (nSPS) is 26.6. The van der Waals surface area contributed by atoms with Crippen LogP contribution in [-0.4, -0.2) is 20.5 Å². The molecule has 1 aliphatic rings. The third-order valence-corrected chi connectivity index (χ3v) is 4.32. The monoisotopic (exact) mass is 275 g/mol. The zero-order valence-corrected chi connectivity index (χ0v) is 11.9. The Morgan fingerprint density at radius 2 is 2.20 bits per heavy atom. The predicted octanol–water partition coefficient (Wildman–Crippen LogP) is 2.22. The summed E-state index contributed by atoms with van der Waals surface area (Å²) in [6, 6.07) is 0. The SMILES string of the molecule is CC1CCC(Oc2nc(NN)cn3ccnc23)CC1C. The molecule has 3 atom stereocenters. The van der Waals surface area contributed by atoms with Crippen molar-refractivity contribution in [3.63, 3.8) is 0 Å². The number of rotatable bonds is 3. The summed E-state index contributed by atoms with van der Waals surface area (Å²) in [6.07, 6.45) is 8.93. The third-order valence-electron chi connectivity index (χ3n) is 4.32. The predicted molar refractivity (Wildman–Crippen MR) is 77.4 cm³/mol. The van der Waals surface area contributed by atoms with Gasteiger partial charge in [-0.1, -0.05) is 13.8 Å². The van der Waals surface area contributed by atoms with Crippen LogP contribution in [0.4, 0.5) is 5.82 Å². The quantitative estimate of drug-likeness (QED) is 0.663. The fourth-order valence-electron chi connectivity index (χ4n) is 2.81. The van der Waals surface area contributed by atoms with E-state index in [1.54, 1.807) is 12.4 Å². The fraction of sp³-hybridized carbons (Fsp3) is 0.571. The van der Waals surface area contributed by atoms with Gasteiger partial charge in [0.1, 0.15) is 6.10 Å². The number of aromatic nitrogens is 3. The second-order valence-corrected chi connectivity index (χ2v) is 5.74. The number of nitrogens with two attached hydrogens (primary N) is 1. The Bertz CT molecular complexity index is 596. The molecule has 6 nitrogen and oxygen atoms in total. The van der Waals surface area contributed by atoms with Crippen molar-refractivity contribution in [2.75, 3.05) is 5.43 Å². The molecule has 1 saturated carbocycles. The lowest BCUT2D eigenvalue weighted by atomic mass is 9.80. The van der Waals surface area contributed by atoms with Crippen LogP contribution in [-0.2, 0) is 0 Å². The van der Waals surface area contributed by atoms with Gasteiger partial charge >= 0.3 is 0 Å². The first-order valence-electron chi connectivity index (χ1n) is 7.14. The molecule has 0 aliphatic heterocycles. The molecule has 3 rings (SSSR count). The maximum atomic E-state index is 6.10. The highest BCUT2D eigenvalue weighted by molar-refractivity contribution is 5.53. The van der Waals surface area contributed by atoms with Gasteiger partial charge in [0.2, 0.25) is 5.65 Å². The summed E-state index contributed by atoms with van der Waals surface area (Å²) < 4.78 is 7.97. The third kappa shape index (κ3) is 2.43. The number of hydrogen-bond donors (Lipinski definition) is 2. The molecule has 108 valence electrons. The lowest BCUT2D eigenvalue weighted by molar-refractivity contribution is 0.0975. The topological polar surface area (TPSA) is 77.5 Å². The second kappa shape index (κ2) is 5.28. The summed E-state index contributed by atoms with van der Waals surface area (Å²) in [5.74, 6) is 8.03. The van der Waals surface area contributed by atoms with E-state index in [9.17, 15) is 0 Å². The van der Waals surface area contributed by atoms with Crippen molar-refractivity contribution in [2.24, 2.45) is 17.7 Å². The van der Waals surface area contributed by atoms with Crippen LogP contribution < -0.4 is 16.0 Å². The molecule has 0 bridgehead atoms. The van der Waals surface area contributed by atoms with E-state index in [1.807, 2.05) is 10.6 Å². The molecule has 2 heterocycles. The van der Waals surface area contributed by atoms with E-state index in [4.69, 9.17) is 10.6 Å². The number of hydrogen-bond acceptors (Lipinski definition) is 5. The van der Waals surface area contributed by atoms with Crippen LogP contribution >= 0.6 is 0 Å².